The topological polar surface area (TPSA) is 90.5 Å². The van der Waals surface area contributed by atoms with Crippen LogP contribution in [0.4, 0.5) is 0 Å². The predicted octanol–water partition coefficient (Wildman–Crippen LogP) is 2.54. The number of nitrogens with one attached hydrogen (secondary N) is 1. The fourth-order valence-electron chi connectivity index (χ4n) is 2.96. The first-order valence-corrected chi connectivity index (χ1v) is 8.67. The molecule has 3 aromatic rings. The summed E-state index contributed by atoms with van der Waals surface area (Å²) in [5, 5.41) is 0.496. The molecule has 0 unspecified atom stereocenters. The third kappa shape index (κ3) is 3.62. The fraction of sp³-hybridized carbons (Fsp3) is 0.250. The number of aromatic nitrogens is 2. The van der Waals surface area contributed by atoms with E-state index in [-0.39, 0.29) is 12.0 Å². The van der Waals surface area contributed by atoms with E-state index in [0.29, 0.717) is 41.4 Å². The van der Waals surface area contributed by atoms with Gasteiger partial charge in [-0.1, -0.05) is 18.2 Å². The van der Waals surface area contributed by atoms with Gasteiger partial charge in [0.1, 0.15) is 13.2 Å². The lowest BCUT2D eigenvalue weighted by Gasteiger charge is -2.19. The van der Waals surface area contributed by atoms with E-state index in [2.05, 4.69) is 9.97 Å². The van der Waals surface area contributed by atoms with Gasteiger partial charge in [-0.05, 0) is 36.8 Å². The van der Waals surface area contributed by atoms with Crippen molar-refractivity contribution in [3.63, 3.8) is 0 Å². The molecule has 1 N–H and O–H groups in total. The summed E-state index contributed by atoms with van der Waals surface area (Å²) in [6.07, 6.45) is -0.592. The van der Waals surface area contributed by atoms with Crippen LogP contribution >= 0.6 is 0 Å². The quantitative estimate of drug-likeness (QED) is 0.714. The largest absolute Gasteiger partial charge is 0.486 e. The Morgan fingerprint density at radius 3 is 2.81 bits per heavy atom. The van der Waals surface area contributed by atoms with Crippen LogP contribution in [0, 0.1) is 0 Å². The number of nitrogens with zero attached hydrogens (tertiary/aromatic N) is 1. The van der Waals surface area contributed by atoms with Gasteiger partial charge in [-0.25, -0.2) is 4.98 Å². The van der Waals surface area contributed by atoms with Gasteiger partial charge in [-0.3, -0.25) is 9.59 Å². The minimum absolute atomic E-state index is 0.0821. The molecule has 1 aliphatic heterocycles. The van der Waals surface area contributed by atoms with Crippen molar-refractivity contribution in [3.8, 4) is 11.5 Å². The van der Waals surface area contributed by atoms with Crippen molar-refractivity contribution in [2.75, 3.05) is 13.2 Å². The predicted molar refractivity (Wildman–Crippen MR) is 98.0 cm³/mol. The van der Waals surface area contributed by atoms with Gasteiger partial charge in [-0.2, -0.15) is 0 Å². The number of esters is 1. The van der Waals surface area contributed by atoms with Crippen LogP contribution in [0.5, 0.6) is 11.5 Å². The van der Waals surface area contributed by atoms with Gasteiger partial charge in [0, 0.05) is 0 Å². The van der Waals surface area contributed by atoms with Crippen LogP contribution in [0.1, 0.15) is 24.4 Å². The van der Waals surface area contributed by atoms with E-state index in [1.54, 1.807) is 49.4 Å². The fourth-order valence-corrected chi connectivity index (χ4v) is 2.96. The molecular weight excluding hydrogens is 348 g/mol. The van der Waals surface area contributed by atoms with Crippen molar-refractivity contribution in [2.45, 2.75) is 19.4 Å². The van der Waals surface area contributed by atoms with Gasteiger partial charge in [-0.15, -0.1) is 0 Å². The smallest absolute Gasteiger partial charge is 0.310 e. The molecule has 0 bridgehead atoms. The first kappa shape index (κ1) is 17.1. The molecule has 0 aliphatic carbocycles. The minimum atomic E-state index is -0.674. The molecule has 0 radical (unpaired) electrons. The number of hydrogen-bond acceptors (Lipinski definition) is 6. The van der Waals surface area contributed by atoms with Crippen molar-refractivity contribution < 1.29 is 19.0 Å². The lowest BCUT2D eigenvalue weighted by Crippen LogP contribution is -2.18. The third-order valence-corrected chi connectivity index (χ3v) is 4.28. The second-order valence-electron chi connectivity index (χ2n) is 6.26. The Morgan fingerprint density at radius 2 is 1.96 bits per heavy atom. The zero-order chi connectivity index (χ0) is 18.8. The molecule has 4 rings (SSSR count). The highest BCUT2D eigenvalue weighted by atomic mass is 16.6. The zero-order valence-electron chi connectivity index (χ0n) is 14.7. The minimum Gasteiger partial charge on any atom is -0.486 e. The number of carbonyl (C=O) groups is 1. The summed E-state index contributed by atoms with van der Waals surface area (Å²) in [5.74, 6) is 1.19. The number of carbonyl (C=O) groups excluding carboxylic acids is 1. The first-order chi connectivity index (χ1) is 13.1. The van der Waals surface area contributed by atoms with Crippen molar-refractivity contribution in [1.82, 2.24) is 9.97 Å². The molecule has 0 spiro atoms. The third-order valence-electron chi connectivity index (χ3n) is 4.28. The van der Waals surface area contributed by atoms with Crippen LogP contribution in [0.15, 0.2) is 47.3 Å². The van der Waals surface area contributed by atoms with Gasteiger partial charge in [0.05, 0.1) is 17.3 Å². The van der Waals surface area contributed by atoms with E-state index in [0.717, 1.165) is 5.56 Å². The molecule has 1 aliphatic rings. The summed E-state index contributed by atoms with van der Waals surface area (Å²) in [6, 6.07) is 12.4. The Morgan fingerprint density at radius 1 is 1.19 bits per heavy atom. The van der Waals surface area contributed by atoms with E-state index in [4.69, 9.17) is 14.2 Å². The highest BCUT2D eigenvalue weighted by Crippen LogP contribution is 2.31. The van der Waals surface area contributed by atoms with E-state index in [9.17, 15) is 9.59 Å². The average Bonchev–Trinajstić information content (AvgIpc) is 2.67. The number of aromatic amines is 1. The van der Waals surface area contributed by atoms with Crippen molar-refractivity contribution in [2.24, 2.45) is 0 Å². The van der Waals surface area contributed by atoms with E-state index < -0.39 is 12.1 Å². The molecule has 138 valence electrons. The lowest BCUT2D eigenvalue weighted by molar-refractivity contribution is -0.148. The molecule has 7 heteroatoms. The molecule has 1 atom stereocenters. The number of para-hydroxylation sites is 1. The summed E-state index contributed by atoms with van der Waals surface area (Å²) in [5.41, 5.74) is 1.06. The number of H-pyrrole nitrogens is 1. The molecule has 0 saturated heterocycles. The molecule has 0 saturated carbocycles. The Kier molecular flexibility index (Phi) is 4.50. The van der Waals surface area contributed by atoms with Gasteiger partial charge in [0.2, 0.25) is 0 Å². The van der Waals surface area contributed by atoms with E-state index >= 15 is 0 Å². The maximum absolute atomic E-state index is 12.3. The Bertz CT molecular complexity index is 1060. The maximum Gasteiger partial charge on any atom is 0.310 e. The average molecular weight is 366 g/mol. The number of ether oxygens (including phenoxy) is 3. The van der Waals surface area contributed by atoms with Gasteiger partial charge in [0.25, 0.3) is 5.56 Å². The van der Waals surface area contributed by atoms with E-state index in [1.165, 1.54) is 0 Å². The molecule has 0 fully saturated rings. The van der Waals surface area contributed by atoms with Crippen molar-refractivity contribution in [1.29, 1.82) is 0 Å². The summed E-state index contributed by atoms with van der Waals surface area (Å²) in [6.45, 7) is 2.68. The highest BCUT2D eigenvalue weighted by molar-refractivity contribution is 5.77. The van der Waals surface area contributed by atoms with Crippen LogP contribution in [-0.4, -0.2) is 29.2 Å². The highest BCUT2D eigenvalue weighted by Gasteiger charge is 2.17. The van der Waals surface area contributed by atoms with Crippen LogP contribution in [0.3, 0.4) is 0 Å². The summed E-state index contributed by atoms with van der Waals surface area (Å²) in [4.78, 5) is 31.5. The maximum atomic E-state index is 12.3. The first-order valence-electron chi connectivity index (χ1n) is 8.67. The number of benzene rings is 2. The molecule has 2 heterocycles. The number of fused-ring (bicyclic) bond motifs is 2. The number of rotatable bonds is 4. The SMILES string of the molecule is C[C@H](OC(=O)Cc1ccc2c(c1)OCCO2)c1nc2ccccc2c(=O)[nH]1. The summed E-state index contributed by atoms with van der Waals surface area (Å²) >= 11 is 0. The van der Waals surface area contributed by atoms with E-state index in [1.807, 2.05) is 0 Å². The molecule has 27 heavy (non-hydrogen) atoms. The molecule has 1 aromatic heterocycles. The Balaban J connectivity index is 1.47. The monoisotopic (exact) mass is 366 g/mol. The lowest BCUT2D eigenvalue weighted by atomic mass is 10.1. The van der Waals surface area contributed by atoms with Crippen molar-refractivity contribution >= 4 is 16.9 Å². The zero-order valence-corrected chi connectivity index (χ0v) is 14.7. The number of hydrogen-bond donors (Lipinski definition) is 1. The van der Waals surface area contributed by atoms with Crippen LogP contribution < -0.4 is 15.0 Å². The van der Waals surface area contributed by atoms with Crippen LogP contribution in [0.25, 0.3) is 10.9 Å². The van der Waals surface area contributed by atoms with Crippen LogP contribution in [0.2, 0.25) is 0 Å². The Labute approximate surface area is 154 Å². The van der Waals surface area contributed by atoms with Crippen molar-refractivity contribution in [3.05, 3.63) is 64.2 Å². The second-order valence-corrected chi connectivity index (χ2v) is 6.26. The summed E-state index contributed by atoms with van der Waals surface area (Å²) < 4.78 is 16.4. The Hall–Kier alpha value is -3.35. The normalized spacial score (nSPS) is 14.0. The molecule has 7 nitrogen and oxygen atoms in total. The molecule has 0 amide bonds. The second kappa shape index (κ2) is 7.11. The summed E-state index contributed by atoms with van der Waals surface area (Å²) in [7, 11) is 0. The van der Waals surface area contributed by atoms with Gasteiger partial charge in [0.15, 0.2) is 23.4 Å². The molecular formula is C20H18N2O5. The van der Waals surface area contributed by atoms with Gasteiger partial charge < -0.3 is 19.2 Å². The van der Waals surface area contributed by atoms with Gasteiger partial charge >= 0.3 is 5.97 Å². The standard InChI is InChI=1S/C20H18N2O5/c1-12(19-21-15-5-3-2-4-14(15)20(24)22-19)27-18(23)11-13-6-7-16-17(10-13)26-9-8-25-16/h2-7,10,12H,8-9,11H2,1H3,(H,21,22,24)/t12-/m0/s1. The molecule has 2 aromatic carbocycles. The van der Waals surface area contributed by atoms with Crippen LogP contribution in [-0.2, 0) is 16.0 Å².